The van der Waals surface area contributed by atoms with Crippen LogP contribution in [0.2, 0.25) is 0 Å². The van der Waals surface area contributed by atoms with Crippen molar-refractivity contribution in [2.75, 3.05) is 19.3 Å². The summed E-state index contributed by atoms with van der Waals surface area (Å²) in [5.41, 5.74) is 0.771. The van der Waals surface area contributed by atoms with Crippen LogP contribution in [-0.4, -0.2) is 54.0 Å². The van der Waals surface area contributed by atoms with Crippen LogP contribution in [0.4, 0.5) is 0 Å². The highest BCUT2D eigenvalue weighted by atomic mass is 32.2. The molecule has 1 aliphatic rings. The number of aromatic nitrogens is 2. The van der Waals surface area contributed by atoms with Gasteiger partial charge in [0.15, 0.2) is 0 Å². The van der Waals surface area contributed by atoms with E-state index in [4.69, 9.17) is 0 Å². The smallest absolute Gasteiger partial charge is 0.220 e. The molecule has 2 rings (SSSR count). The molecule has 0 radical (unpaired) electrons. The van der Waals surface area contributed by atoms with Crippen molar-refractivity contribution in [1.82, 2.24) is 19.6 Å². The summed E-state index contributed by atoms with van der Waals surface area (Å²) in [4.78, 5) is 20.3. The second-order valence-corrected chi connectivity index (χ2v) is 8.34. The average molecular weight is 340 g/mol. The van der Waals surface area contributed by atoms with Crippen LogP contribution in [0.15, 0.2) is 18.6 Å². The summed E-state index contributed by atoms with van der Waals surface area (Å²) in [5, 5.41) is 2.99. The van der Waals surface area contributed by atoms with Gasteiger partial charge in [0, 0.05) is 44.1 Å². The van der Waals surface area contributed by atoms with Gasteiger partial charge in [-0.05, 0) is 18.3 Å². The lowest BCUT2D eigenvalue weighted by molar-refractivity contribution is -0.122. The summed E-state index contributed by atoms with van der Waals surface area (Å²) in [7, 11) is -3.23. The van der Waals surface area contributed by atoms with Crippen LogP contribution in [-0.2, 0) is 21.2 Å². The quantitative estimate of drug-likeness (QED) is 0.811. The number of amides is 1. The number of aryl methyl sites for hydroxylation is 1. The molecule has 7 nitrogen and oxygen atoms in total. The Morgan fingerprint density at radius 2 is 2.13 bits per heavy atom. The van der Waals surface area contributed by atoms with Gasteiger partial charge < -0.3 is 5.32 Å². The topological polar surface area (TPSA) is 92.3 Å². The minimum atomic E-state index is -3.23. The molecule has 128 valence electrons. The van der Waals surface area contributed by atoms with Crippen molar-refractivity contribution in [1.29, 1.82) is 0 Å². The minimum absolute atomic E-state index is 0.0818. The van der Waals surface area contributed by atoms with Crippen molar-refractivity contribution in [2.24, 2.45) is 11.8 Å². The molecule has 0 bridgehead atoms. The van der Waals surface area contributed by atoms with Crippen LogP contribution in [0.1, 0.15) is 26.0 Å². The molecule has 8 heteroatoms. The number of carbonyl (C=O) groups excluding carboxylic acids is 1. The molecular formula is C15H24N4O3S. The van der Waals surface area contributed by atoms with E-state index in [1.54, 1.807) is 18.6 Å². The van der Waals surface area contributed by atoms with Crippen molar-refractivity contribution >= 4 is 15.9 Å². The van der Waals surface area contributed by atoms with Crippen LogP contribution in [0, 0.1) is 11.8 Å². The lowest BCUT2D eigenvalue weighted by atomic mass is 9.91. The normalized spacial score (nSPS) is 22.4. The number of sulfonamides is 1. The summed E-state index contributed by atoms with van der Waals surface area (Å²) in [6.45, 7) is 4.91. The van der Waals surface area contributed by atoms with Crippen LogP contribution in [0.5, 0.6) is 0 Å². The van der Waals surface area contributed by atoms with Gasteiger partial charge in [0.05, 0.1) is 11.9 Å². The van der Waals surface area contributed by atoms with Crippen molar-refractivity contribution in [2.45, 2.75) is 32.7 Å². The van der Waals surface area contributed by atoms with Gasteiger partial charge >= 0.3 is 0 Å². The molecule has 1 saturated heterocycles. The predicted molar refractivity (Wildman–Crippen MR) is 87.0 cm³/mol. The molecule has 1 N–H and O–H groups in total. The fourth-order valence-electron chi connectivity index (χ4n) is 2.87. The molecule has 2 heterocycles. The van der Waals surface area contributed by atoms with Gasteiger partial charge in [0.1, 0.15) is 0 Å². The molecular weight excluding hydrogens is 316 g/mol. The zero-order chi connectivity index (χ0) is 17.0. The van der Waals surface area contributed by atoms with Crippen molar-refractivity contribution in [3.05, 3.63) is 24.3 Å². The van der Waals surface area contributed by atoms with E-state index in [-0.39, 0.29) is 17.9 Å². The van der Waals surface area contributed by atoms with E-state index in [1.807, 2.05) is 0 Å². The van der Waals surface area contributed by atoms with E-state index in [9.17, 15) is 13.2 Å². The zero-order valence-corrected chi connectivity index (χ0v) is 14.6. The fourth-order valence-corrected chi connectivity index (χ4v) is 3.74. The molecule has 0 aromatic carbocycles. The largest absolute Gasteiger partial charge is 0.352 e. The summed E-state index contributed by atoms with van der Waals surface area (Å²) >= 11 is 0. The van der Waals surface area contributed by atoms with Gasteiger partial charge in [-0.1, -0.05) is 13.8 Å². The number of nitrogens with zero attached hydrogens (tertiary/aromatic N) is 3. The second-order valence-electron chi connectivity index (χ2n) is 6.36. The fraction of sp³-hybridized carbons (Fsp3) is 0.667. The monoisotopic (exact) mass is 340 g/mol. The third kappa shape index (κ3) is 4.97. The highest BCUT2D eigenvalue weighted by molar-refractivity contribution is 7.88. The van der Waals surface area contributed by atoms with Crippen molar-refractivity contribution in [3.63, 3.8) is 0 Å². The molecule has 1 aromatic rings. The minimum Gasteiger partial charge on any atom is -0.352 e. The van der Waals surface area contributed by atoms with Gasteiger partial charge in [-0.2, -0.15) is 4.31 Å². The highest BCUT2D eigenvalue weighted by Crippen LogP contribution is 2.26. The maximum atomic E-state index is 12.2. The van der Waals surface area contributed by atoms with E-state index < -0.39 is 10.0 Å². The van der Waals surface area contributed by atoms with Crippen molar-refractivity contribution in [3.8, 4) is 0 Å². The lowest BCUT2D eigenvalue weighted by Crippen LogP contribution is -2.42. The standard InChI is InChI=1S/C15H24N4O3S/c1-11(2)13-9-19(23(3,21)22)10-14(13)18-15(20)5-4-12-8-16-6-7-17-12/h6-8,11,13-14H,4-5,9-10H2,1-3H3,(H,18,20). The first kappa shape index (κ1) is 17.8. The Morgan fingerprint density at radius 3 is 2.70 bits per heavy atom. The Hall–Kier alpha value is -1.54. The zero-order valence-electron chi connectivity index (χ0n) is 13.8. The number of rotatable bonds is 6. The molecule has 2 unspecified atom stereocenters. The van der Waals surface area contributed by atoms with Crippen LogP contribution in [0.3, 0.4) is 0 Å². The Balaban J connectivity index is 1.93. The molecule has 23 heavy (non-hydrogen) atoms. The Morgan fingerprint density at radius 1 is 1.39 bits per heavy atom. The van der Waals surface area contributed by atoms with E-state index in [1.165, 1.54) is 10.6 Å². The van der Waals surface area contributed by atoms with E-state index >= 15 is 0 Å². The van der Waals surface area contributed by atoms with Gasteiger partial charge in [0.25, 0.3) is 0 Å². The maximum Gasteiger partial charge on any atom is 0.220 e. The summed E-state index contributed by atoms with van der Waals surface area (Å²) in [6, 6.07) is -0.140. The summed E-state index contributed by atoms with van der Waals surface area (Å²) < 4.78 is 24.9. The van der Waals surface area contributed by atoms with Crippen LogP contribution >= 0.6 is 0 Å². The van der Waals surface area contributed by atoms with Crippen LogP contribution < -0.4 is 5.32 Å². The summed E-state index contributed by atoms with van der Waals surface area (Å²) in [6.07, 6.45) is 6.89. The van der Waals surface area contributed by atoms with Crippen LogP contribution in [0.25, 0.3) is 0 Å². The molecule has 0 aliphatic carbocycles. The molecule has 0 spiro atoms. The third-order valence-electron chi connectivity index (χ3n) is 4.23. The van der Waals surface area contributed by atoms with Gasteiger partial charge in [-0.15, -0.1) is 0 Å². The molecule has 1 aromatic heterocycles. The first-order valence-corrected chi connectivity index (χ1v) is 9.61. The SMILES string of the molecule is CC(C)C1CN(S(C)(=O)=O)CC1NC(=O)CCc1cnccn1. The number of hydrogen-bond donors (Lipinski definition) is 1. The Labute approximate surface area is 137 Å². The van der Waals surface area contributed by atoms with Crippen molar-refractivity contribution < 1.29 is 13.2 Å². The summed E-state index contributed by atoms with van der Waals surface area (Å²) in [5.74, 6) is 0.346. The highest BCUT2D eigenvalue weighted by Gasteiger charge is 2.39. The Kier molecular flexibility index (Phi) is 5.69. The second kappa shape index (κ2) is 7.35. The molecule has 0 saturated carbocycles. The molecule has 1 aliphatic heterocycles. The molecule has 2 atom stereocenters. The first-order chi connectivity index (χ1) is 10.8. The average Bonchev–Trinajstić information content (AvgIpc) is 2.90. The van der Waals surface area contributed by atoms with Gasteiger partial charge in [-0.25, -0.2) is 8.42 Å². The first-order valence-electron chi connectivity index (χ1n) is 7.76. The van der Waals surface area contributed by atoms with E-state index in [0.29, 0.717) is 31.8 Å². The molecule has 1 fully saturated rings. The molecule has 1 amide bonds. The van der Waals surface area contributed by atoms with Gasteiger partial charge in [0.2, 0.25) is 15.9 Å². The predicted octanol–water partition coefficient (Wildman–Crippen LogP) is 0.441. The van der Waals surface area contributed by atoms with E-state index in [2.05, 4.69) is 29.1 Å². The number of hydrogen-bond acceptors (Lipinski definition) is 5. The van der Waals surface area contributed by atoms with Gasteiger partial charge in [-0.3, -0.25) is 14.8 Å². The maximum absolute atomic E-state index is 12.2. The number of nitrogens with one attached hydrogen (secondary N) is 1. The lowest BCUT2D eigenvalue weighted by Gasteiger charge is -2.22. The third-order valence-corrected chi connectivity index (χ3v) is 5.46. The Bertz CT molecular complexity index is 633. The number of carbonyl (C=O) groups is 1. The van der Waals surface area contributed by atoms with E-state index in [0.717, 1.165) is 5.69 Å².